The molecule has 0 spiro atoms. The van der Waals surface area contributed by atoms with Crippen molar-refractivity contribution < 1.29 is 40.3 Å². The number of rotatable bonds is 5. The number of hydrogen-bond donors (Lipinski definition) is 1. The summed E-state index contributed by atoms with van der Waals surface area (Å²) in [5.41, 5.74) is 0.565. The molecule has 11 heteroatoms. The van der Waals surface area contributed by atoms with Crippen LogP contribution in [0.2, 0.25) is 0 Å². The third-order valence-electron chi connectivity index (χ3n) is 2.31. The zero-order valence-corrected chi connectivity index (χ0v) is 11.3. The van der Waals surface area contributed by atoms with Crippen LogP contribution in [0.3, 0.4) is 0 Å². The number of carbonyl (C=O) groups excluding carboxylic acids is 1. The highest BCUT2D eigenvalue weighted by Gasteiger charge is 2.73. The van der Waals surface area contributed by atoms with Gasteiger partial charge in [0.05, 0.1) is 6.21 Å². The normalized spacial score (nSPS) is 13.2. The van der Waals surface area contributed by atoms with Crippen LogP contribution in [0.4, 0.5) is 30.7 Å². The van der Waals surface area contributed by atoms with Gasteiger partial charge in [-0.3, -0.25) is 4.79 Å². The van der Waals surface area contributed by atoms with E-state index in [0.29, 0.717) is 11.6 Å². The van der Waals surface area contributed by atoms with Gasteiger partial charge in [-0.2, -0.15) is 35.8 Å². The smallest absolute Gasteiger partial charge is 0.427 e. The lowest BCUT2D eigenvalue weighted by Crippen LogP contribution is -2.58. The highest BCUT2D eigenvalue weighted by atomic mass is 19.4. The summed E-state index contributed by atoms with van der Waals surface area (Å²) in [5.74, 6) is -6.78. The molecular weight excluding hydrogens is 337 g/mol. The number of hydrogen-bond acceptors (Lipinski definition) is 4. The van der Waals surface area contributed by atoms with E-state index in [4.69, 9.17) is 0 Å². The van der Waals surface area contributed by atoms with E-state index in [1.54, 1.807) is 0 Å². The van der Waals surface area contributed by atoms with Gasteiger partial charge < -0.3 is 4.74 Å². The van der Waals surface area contributed by atoms with Crippen molar-refractivity contribution in [1.82, 2.24) is 5.43 Å². The van der Waals surface area contributed by atoms with E-state index >= 15 is 0 Å². The second kappa shape index (κ2) is 6.42. The van der Waals surface area contributed by atoms with Gasteiger partial charge in [0.15, 0.2) is 0 Å². The van der Waals surface area contributed by atoms with E-state index in [1.807, 2.05) is 0 Å². The first-order chi connectivity index (χ1) is 10.4. The molecule has 1 N–H and O–H groups in total. The standard InChI is InChI=1S/C12H9F7N2O2/c1-7(22)23-9-4-2-8(3-5-9)6-20-21-12(18,19)10(13,14)11(15,16)17/h2-6,21H,1H3/b20-6-. The van der Waals surface area contributed by atoms with Crippen molar-refractivity contribution in [3.05, 3.63) is 29.8 Å². The quantitative estimate of drug-likeness (QED) is 0.222. The molecule has 0 bridgehead atoms. The molecule has 0 fully saturated rings. The maximum atomic E-state index is 12.9. The topological polar surface area (TPSA) is 50.7 Å². The van der Waals surface area contributed by atoms with Crippen LogP contribution in [-0.4, -0.2) is 30.3 Å². The van der Waals surface area contributed by atoms with Crippen LogP contribution in [0.15, 0.2) is 29.4 Å². The second-order valence-electron chi connectivity index (χ2n) is 4.18. The Kier molecular flexibility index (Phi) is 5.23. The summed E-state index contributed by atoms with van der Waals surface area (Å²) in [7, 11) is 0. The van der Waals surface area contributed by atoms with Crippen molar-refractivity contribution in [3.8, 4) is 5.75 Å². The van der Waals surface area contributed by atoms with Crippen molar-refractivity contribution in [2.45, 2.75) is 25.1 Å². The molecule has 4 nitrogen and oxygen atoms in total. The zero-order chi connectivity index (χ0) is 17.9. The number of halogens is 7. The minimum atomic E-state index is -6.44. The maximum Gasteiger partial charge on any atom is 0.462 e. The van der Waals surface area contributed by atoms with E-state index in [9.17, 15) is 35.5 Å². The molecule has 0 radical (unpaired) electrons. The molecule has 23 heavy (non-hydrogen) atoms. The number of benzene rings is 1. The summed E-state index contributed by atoms with van der Waals surface area (Å²) in [4.78, 5) is 10.7. The van der Waals surface area contributed by atoms with Crippen LogP contribution < -0.4 is 10.2 Å². The number of nitrogens with one attached hydrogen (secondary N) is 1. The van der Waals surface area contributed by atoms with Gasteiger partial charge in [-0.1, -0.05) is 0 Å². The van der Waals surface area contributed by atoms with E-state index < -0.39 is 24.1 Å². The van der Waals surface area contributed by atoms with E-state index in [1.165, 1.54) is 24.3 Å². The van der Waals surface area contributed by atoms with Crippen LogP contribution in [0.5, 0.6) is 5.75 Å². The van der Waals surface area contributed by atoms with Crippen molar-refractivity contribution in [1.29, 1.82) is 0 Å². The Morgan fingerprint density at radius 3 is 2.04 bits per heavy atom. The first-order valence-electron chi connectivity index (χ1n) is 5.78. The van der Waals surface area contributed by atoms with Gasteiger partial charge in [0.25, 0.3) is 0 Å². The van der Waals surface area contributed by atoms with Crippen molar-refractivity contribution in [2.24, 2.45) is 5.10 Å². The van der Waals surface area contributed by atoms with E-state index in [0.717, 1.165) is 6.92 Å². The predicted octanol–water partition coefficient (Wildman–Crippen LogP) is 3.33. The van der Waals surface area contributed by atoms with Gasteiger partial charge in [0.2, 0.25) is 0 Å². The first-order valence-corrected chi connectivity index (χ1v) is 5.78. The maximum absolute atomic E-state index is 12.9. The number of carbonyl (C=O) groups is 1. The first kappa shape index (κ1) is 18.7. The minimum absolute atomic E-state index is 0.0829. The fourth-order valence-corrected chi connectivity index (χ4v) is 1.22. The molecule has 0 aliphatic carbocycles. The van der Waals surface area contributed by atoms with Crippen LogP contribution in [0.1, 0.15) is 12.5 Å². The molecule has 0 aliphatic heterocycles. The van der Waals surface area contributed by atoms with E-state index in [2.05, 4.69) is 9.84 Å². The second-order valence-corrected chi connectivity index (χ2v) is 4.18. The highest BCUT2D eigenvalue weighted by molar-refractivity contribution is 5.79. The van der Waals surface area contributed by atoms with Crippen LogP contribution in [-0.2, 0) is 4.79 Å². The molecule has 1 aromatic carbocycles. The lowest BCUT2D eigenvalue weighted by molar-refractivity contribution is -0.361. The third-order valence-corrected chi connectivity index (χ3v) is 2.31. The number of hydrazone groups is 1. The zero-order valence-electron chi connectivity index (χ0n) is 11.3. The molecule has 1 aromatic rings. The average Bonchev–Trinajstić information content (AvgIpc) is 2.38. The summed E-state index contributed by atoms with van der Waals surface area (Å²) in [6.45, 7) is 1.14. The van der Waals surface area contributed by atoms with Crippen LogP contribution in [0, 0.1) is 0 Å². The Bertz CT molecular complexity index is 582. The van der Waals surface area contributed by atoms with E-state index in [-0.39, 0.29) is 11.3 Å². The molecule has 0 aliphatic rings. The Morgan fingerprint density at radius 2 is 1.61 bits per heavy atom. The number of alkyl halides is 7. The van der Waals surface area contributed by atoms with Gasteiger partial charge in [0.1, 0.15) is 5.75 Å². The van der Waals surface area contributed by atoms with Crippen molar-refractivity contribution in [3.63, 3.8) is 0 Å². The fraction of sp³-hybridized carbons (Fsp3) is 0.333. The summed E-state index contributed by atoms with van der Waals surface area (Å²) in [5, 5.41) is 2.67. The summed E-state index contributed by atoms with van der Waals surface area (Å²) in [6.07, 6.45) is -5.84. The summed E-state index contributed by atoms with van der Waals surface area (Å²) < 4.78 is 91.1. The minimum Gasteiger partial charge on any atom is -0.427 e. The Labute approximate surface area is 124 Å². The van der Waals surface area contributed by atoms with Crippen molar-refractivity contribution in [2.75, 3.05) is 0 Å². The molecule has 0 amide bonds. The Morgan fingerprint density at radius 1 is 1.09 bits per heavy atom. The monoisotopic (exact) mass is 346 g/mol. The SMILES string of the molecule is CC(=O)Oc1ccc(/C=N\NC(F)(F)C(F)(F)C(F)(F)F)cc1. The average molecular weight is 346 g/mol. The molecule has 0 atom stereocenters. The molecule has 0 saturated carbocycles. The molecule has 0 saturated heterocycles. The molecule has 128 valence electrons. The third kappa shape index (κ3) is 4.57. The van der Waals surface area contributed by atoms with Gasteiger partial charge in [-0.15, -0.1) is 0 Å². The fourth-order valence-electron chi connectivity index (χ4n) is 1.22. The molecule has 0 aromatic heterocycles. The molecule has 0 heterocycles. The van der Waals surface area contributed by atoms with Gasteiger partial charge >= 0.3 is 24.1 Å². The van der Waals surface area contributed by atoms with Crippen LogP contribution >= 0.6 is 0 Å². The molecular formula is C12H9F7N2O2. The molecule has 1 rings (SSSR count). The predicted molar refractivity (Wildman–Crippen MR) is 64.4 cm³/mol. The van der Waals surface area contributed by atoms with Gasteiger partial charge in [0, 0.05) is 6.92 Å². The number of esters is 1. The summed E-state index contributed by atoms with van der Waals surface area (Å²) in [6, 6.07) is -0.719. The Balaban J connectivity index is 2.77. The van der Waals surface area contributed by atoms with Gasteiger partial charge in [-0.05, 0) is 29.8 Å². The number of nitrogens with zero attached hydrogens (tertiary/aromatic N) is 1. The largest absolute Gasteiger partial charge is 0.462 e. The Hall–Kier alpha value is -2.33. The lowest BCUT2D eigenvalue weighted by Gasteiger charge is -2.27. The highest BCUT2D eigenvalue weighted by Crippen LogP contribution is 2.44. The van der Waals surface area contributed by atoms with Crippen LogP contribution in [0.25, 0.3) is 0 Å². The summed E-state index contributed by atoms with van der Waals surface area (Å²) >= 11 is 0. The van der Waals surface area contributed by atoms with Gasteiger partial charge in [-0.25, -0.2) is 5.43 Å². The number of ether oxygens (including phenoxy) is 1. The van der Waals surface area contributed by atoms with Crippen molar-refractivity contribution >= 4 is 12.2 Å². The lowest BCUT2D eigenvalue weighted by atomic mass is 10.2. The molecule has 0 unspecified atom stereocenters.